The number of amides is 1. The van der Waals surface area contributed by atoms with Gasteiger partial charge in [0.15, 0.2) is 0 Å². The van der Waals surface area contributed by atoms with Crippen molar-refractivity contribution in [3.05, 3.63) is 23.5 Å². The number of hydrogen-bond acceptors (Lipinski definition) is 1. The number of fused-ring (bicyclic) bond motifs is 1. The molecule has 1 amide bonds. The monoisotopic (exact) mass is 218 g/mol. The van der Waals surface area contributed by atoms with Crippen molar-refractivity contribution in [2.45, 2.75) is 38.6 Å². The van der Waals surface area contributed by atoms with Crippen LogP contribution in [-0.2, 0) is 0 Å². The number of H-pyrrole nitrogens is 1. The molecule has 3 unspecified atom stereocenters. The van der Waals surface area contributed by atoms with Gasteiger partial charge in [0.05, 0.1) is 0 Å². The van der Waals surface area contributed by atoms with E-state index < -0.39 is 0 Å². The lowest BCUT2D eigenvalue weighted by Crippen LogP contribution is -2.38. The Bertz CT molecular complexity index is 410. The second kappa shape index (κ2) is 3.65. The van der Waals surface area contributed by atoms with E-state index in [-0.39, 0.29) is 5.91 Å². The lowest BCUT2D eigenvalue weighted by Gasteiger charge is -2.22. The Kier molecular flexibility index (Phi) is 2.27. The first-order chi connectivity index (χ1) is 7.75. The van der Waals surface area contributed by atoms with Gasteiger partial charge < -0.3 is 10.3 Å². The average molecular weight is 218 g/mol. The Morgan fingerprint density at radius 1 is 1.50 bits per heavy atom. The van der Waals surface area contributed by atoms with Gasteiger partial charge in [0, 0.05) is 12.2 Å². The molecule has 16 heavy (non-hydrogen) atoms. The van der Waals surface area contributed by atoms with E-state index in [0.717, 1.165) is 29.5 Å². The predicted molar refractivity (Wildman–Crippen MR) is 62.2 cm³/mol. The van der Waals surface area contributed by atoms with Gasteiger partial charge in [0.1, 0.15) is 5.69 Å². The molecule has 2 N–H and O–H groups in total. The number of aromatic nitrogens is 1. The van der Waals surface area contributed by atoms with E-state index in [1.807, 2.05) is 19.2 Å². The van der Waals surface area contributed by atoms with Crippen molar-refractivity contribution in [3.63, 3.8) is 0 Å². The Balaban J connectivity index is 1.66. The van der Waals surface area contributed by atoms with Gasteiger partial charge in [0.25, 0.3) is 5.91 Å². The molecule has 0 aromatic carbocycles. The van der Waals surface area contributed by atoms with Crippen molar-refractivity contribution < 1.29 is 4.79 Å². The molecule has 0 bridgehead atoms. The number of aromatic amines is 1. The maximum atomic E-state index is 12.0. The van der Waals surface area contributed by atoms with Gasteiger partial charge >= 0.3 is 0 Å². The molecule has 86 valence electrons. The molecule has 1 aromatic heterocycles. The van der Waals surface area contributed by atoms with Crippen molar-refractivity contribution in [3.8, 4) is 0 Å². The SMILES string of the molecule is Cc1cc[nH]c1C(=O)NC1CCCC2CC21. The highest BCUT2D eigenvalue weighted by Gasteiger charge is 2.45. The number of aryl methyl sites for hydroxylation is 1. The van der Waals surface area contributed by atoms with Gasteiger partial charge in [-0.1, -0.05) is 12.8 Å². The van der Waals surface area contributed by atoms with Crippen LogP contribution in [0.4, 0.5) is 0 Å². The first kappa shape index (κ1) is 9.94. The van der Waals surface area contributed by atoms with E-state index in [1.54, 1.807) is 0 Å². The third-order valence-corrected chi connectivity index (χ3v) is 4.08. The maximum absolute atomic E-state index is 12.0. The van der Waals surface area contributed by atoms with Crippen molar-refractivity contribution in [2.75, 3.05) is 0 Å². The van der Waals surface area contributed by atoms with E-state index in [2.05, 4.69) is 10.3 Å². The zero-order valence-electron chi connectivity index (χ0n) is 9.62. The summed E-state index contributed by atoms with van der Waals surface area (Å²) in [4.78, 5) is 15.0. The summed E-state index contributed by atoms with van der Waals surface area (Å²) in [5.41, 5.74) is 1.75. The molecule has 2 fully saturated rings. The first-order valence-electron chi connectivity index (χ1n) is 6.20. The normalized spacial score (nSPS) is 31.9. The zero-order chi connectivity index (χ0) is 11.1. The molecule has 3 nitrogen and oxygen atoms in total. The molecule has 0 aliphatic heterocycles. The highest BCUT2D eigenvalue weighted by Crippen LogP contribution is 2.49. The fraction of sp³-hybridized carbons (Fsp3) is 0.615. The number of nitrogens with one attached hydrogen (secondary N) is 2. The van der Waals surface area contributed by atoms with Gasteiger partial charge in [-0.25, -0.2) is 0 Å². The van der Waals surface area contributed by atoms with Crippen LogP contribution >= 0.6 is 0 Å². The van der Waals surface area contributed by atoms with E-state index in [4.69, 9.17) is 0 Å². The first-order valence-corrected chi connectivity index (χ1v) is 6.20. The second-order valence-corrected chi connectivity index (χ2v) is 5.21. The van der Waals surface area contributed by atoms with Crippen LogP contribution in [0.25, 0.3) is 0 Å². The van der Waals surface area contributed by atoms with Crippen molar-refractivity contribution >= 4 is 5.91 Å². The van der Waals surface area contributed by atoms with Crippen LogP contribution < -0.4 is 5.32 Å². The Morgan fingerprint density at radius 3 is 3.12 bits per heavy atom. The van der Waals surface area contributed by atoms with Gasteiger partial charge in [-0.2, -0.15) is 0 Å². The average Bonchev–Trinajstić information content (AvgIpc) is 2.94. The summed E-state index contributed by atoms with van der Waals surface area (Å²) in [6.45, 7) is 1.96. The van der Waals surface area contributed by atoms with Crippen LogP contribution in [0.15, 0.2) is 12.3 Å². The van der Waals surface area contributed by atoms with Crippen LogP contribution in [0, 0.1) is 18.8 Å². The maximum Gasteiger partial charge on any atom is 0.268 e. The summed E-state index contributed by atoms with van der Waals surface area (Å²) in [5, 5.41) is 3.18. The molecule has 2 saturated carbocycles. The van der Waals surface area contributed by atoms with Crippen LogP contribution in [0.5, 0.6) is 0 Å². The minimum absolute atomic E-state index is 0.0695. The van der Waals surface area contributed by atoms with Crippen LogP contribution in [0.2, 0.25) is 0 Å². The van der Waals surface area contributed by atoms with Crippen LogP contribution in [0.1, 0.15) is 41.7 Å². The second-order valence-electron chi connectivity index (χ2n) is 5.21. The summed E-state index contributed by atoms with van der Waals surface area (Å²) in [6, 6.07) is 2.37. The minimum Gasteiger partial charge on any atom is -0.357 e. The Labute approximate surface area is 95.6 Å². The third-order valence-electron chi connectivity index (χ3n) is 4.08. The van der Waals surface area contributed by atoms with Crippen molar-refractivity contribution in [1.82, 2.24) is 10.3 Å². The molecule has 3 atom stereocenters. The van der Waals surface area contributed by atoms with E-state index >= 15 is 0 Å². The fourth-order valence-corrected chi connectivity index (χ4v) is 3.02. The Morgan fingerprint density at radius 2 is 2.38 bits per heavy atom. The molecule has 1 aromatic rings. The molecule has 0 saturated heterocycles. The van der Waals surface area contributed by atoms with Gasteiger partial charge in [-0.05, 0) is 43.2 Å². The molecule has 0 radical (unpaired) electrons. The fourth-order valence-electron chi connectivity index (χ4n) is 3.02. The van der Waals surface area contributed by atoms with Crippen LogP contribution in [0.3, 0.4) is 0 Å². The number of carbonyl (C=O) groups is 1. The summed E-state index contributed by atoms with van der Waals surface area (Å²) >= 11 is 0. The smallest absolute Gasteiger partial charge is 0.268 e. The summed E-state index contributed by atoms with van der Waals surface area (Å²) < 4.78 is 0. The number of rotatable bonds is 2. The molecular weight excluding hydrogens is 200 g/mol. The lowest BCUT2D eigenvalue weighted by molar-refractivity contribution is 0.0918. The standard InChI is InChI=1S/C13H18N2O/c1-8-5-6-14-12(8)13(16)15-11-4-2-3-9-7-10(9)11/h5-6,9-11,14H,2-4,7H2,1H3,(H,15,16). The molecule has 3 rings (SSSR count). The topological polar surface area (TPSA) is 44.9 Å². The quantitative estimate of drug-likeness (QED) is 0.785. The van der Waals surface area contributed by atoms with Gasteiger partial charge in [-0.3, -0.25) is 4.79 Å². The predicted octanol–water partition coefficient (Wildman–Crippen LogP) is 2.24. The van der Waals surface area contributed by atoms with Gasteiger partial charge in [-0.15, -0.1) is 0 Å². The highest BCUT2D eigenvalue weighted by atomic mass is 16.1. The molecule has 2 aliphatic carbocycles. The number of carbonyl (C=O) groups excluding carboxylic acids is 1. The van der Waals surface area contributed by atoms with E-state index in [0.29, 0.717) is 6.04 Å². The summed E-state index contributed by atoms with van der Waals surface area (Å²) in [6.07, 6.45) is 6.96. The molecular formula is C13H18N2O. The summed E-state index contributed by atoms with van der Waals surface area (Å²) in [5.74, 6) is 1.75. The zero-order valence-corrected chi connectivity index (χ0v) is 9.62. The Hall–Kier alpha value is -1.25. The molecule has 2 aliphatic rings. The molecule has 1 heterocycles. The van der Waals surface area contributed by atoms with E-state index in [9.17, 15) is 4.79 Å². The van der Waals surface area contributed by atoms with Crippen LogP contribution in [-0.4, -0.2) is 16.9 Å². The minimum atomic E-state index is 0.0695. The van der Waals surface area contributed by atoms with Crippen molar-refractivity contribution in [1.29, 1.82) is 0 Å². The summed E-state index contributed by atoms with van der Waals surface area (Å²) in [7, 11) is 0. The van der Waals surface area contributed by atoms with Gasteiger partial charge in [0.2, 0.25) is 0 Å². The largest absolute Gasteiger partial charge is 0.357 e. The highest BCUT2D eigenvalue weighted by molar-refractivity contribution is 5.94. The van der Waals surface area contributed by atoms with E-state index in [1.165, 1.54) is 19.3 Å². The molecule has 0 spiro atoms. The third kappa shape index (κ3) is 1.64. The van der Waals surface area contributed by atoms with Crippen molar-refractivity contribution in [2.24, 2.45) is 11.8 Å². The molecule has 3 heteroatoms. The lowest BCUT2D eigenvalue weighted by atomic mass is 9.95. The number of hydrogen-bond donors (Lipinski definition) is 2.